The number of nitrogens with one attached hydrogen (secondary N) is 1. The molecule has 1 saturated carbocycles. The lowest BCUT2D eigenvalue weighted by Gasteiger charge is -2.28. The van der Waals surface area contributed by atoms with E-state index in [1.54, 1.807) is 12.1 Å². The summed E-state index contributed by atoms with van der Waals surface area (Å²) in [5.41, 5.74) is 6.64. The monoisotopic (exact) mass is 268 g/mol. The van der Waals surface area contributed by atoms with Crippen LogP contribution in [0.4, 0.5) is 5.69 Å². The molecular formula is C13H20N2O2S. The second-order valence-electron chi connectivity index (χ2n) is 5.04. The van der Waals surface area contributed by atoms with E-state index in [0.717, 1.165) is 25.7 Å². The summed E-state index contributed by atoms with van der Waals surface area (Å²) in [4.78, 5) is 0.365. The number of nitrogens with two attached hydrogens (primary N) is 1. The molecule has 4 nitrogen and oxygen atoms in total. The van der Waals surface area contributed by atoms with Crippen LogP contribution in [0.3, 0.4) is 0 Å². The molecule has 3 N–H and O–H groups in total. The Morgan fingerprint density at radius 2 is 2.00 bits per heavy atom. The minimum Gasteiger partial charge on any atom is -0.381 e. The van der Waals surface area contributed by atoms with Crippen LogP contribution in [-0.2, 0) is 9.84 Å². The van der Waals surface area contributed by atoms with Crippen LogP contribution in [0.1, 0.15) is 25.7 Å². The van der Waals surface area contributed by atoms with E-state index in [1.807, 2.05) is 12.1 Å². The molecule has 1 fully saturated rings. The maximum absolute atomic E-state index is 11.7. The number of sulfone groups is 1. The Hall–Kier alpha value is -1.07. The Balaban J connectivity index is 2.19. The molecule has 0 heterocycles. The lowest BCUT2D eigenvalue weighted by Crippen LogP contribution is -2.35. The molecule has 1 aliphatic carbocycles. The molecule has 0 saturated heterocycles. The van der Waals surface area contributed by atoms with Crippen molar-refractivity contribution in [2.75, 3.05) is 11.6 Å². The quantitative estimate of drug-likeness (QED) is 0.876. The molecular weight excluding hydrogens is 248 g/mol. The summed E-state index contributed by atoms with van der Waals surface area (Å²) in [5, 5.41) is 3.33. The first-order valence-electron chi connectivity index (χ1n) is 6.28. The van der Waals surface area contributed by atoms with Crippen LogP contribution < -0.4 is 11.1 Å². The molecule has 1 aromatic carbocycles. The van der Waals surface area contributed by atoms with Crippen LogP contribution in [0.5, 0.6) is 0 Å². The van der Waals surface area contributed by atoms with Crippen molar-refractivity contribution in [3.8, 4) is 0 Å². The van der Waals surface area contributed by atoms with Gasteiger partial charge >= 0.3 is 0 Å². The van der Waals surface area contributed by atoms with Gasteiger partial charge in [-0.25, -0.2) is 8.42 Å². The maximum atomic E-state index is 11.7. The van der Waals surface area contributed by atoms with Crippen molar-refractivity contribution < 1.29 is 8.42 Å². The van der Waals surface area contributed by atoms with Gasteiger partial charge in [0.15, 0.2) is 9.84 Å². The van der Waals surface area contributed by atoms with Gasteiger partial charge in [0.2, 0.25) is 0 Å². The first-order valence-corrected chi connectivity index (χ1v) is 8.17. The molecule has 2 unspecified atom stereocenters. The number of para-hydroxylation sites is 1. The number of anilines is 1. The van der Waals surface area contributed by atoms with E-state index in [1.165, 1.54) is 6.26 Å². The van der Waals surface area contributed by atoms with Crippen molar-refractivity contribution in [1.82, 2.24) is 0 Å². The van der Waals surface area contributed by atoms with Crippen LogP contribution >= 0.6 is 0 Å². The second kappa shape index (κ2) is 5.28. The average molecular weight is 268 g/mol. The molecule has 18 heavy (non-hydrogen) atoms. The highest BCUT2D eigenvalue weighted by molar-refractivity contribution is 7.90. The van der Waals surface area contributed by atoms with E-state index in [2.05, 4.69) is 5.32 Å². The van der Waals surface area contributed by atoms with Gasteiger partial charge in [0.25, 0.3) is 0 Å². The van der Waals surface area contributed by atoms with Crippen LogP contribution in [0.15, 0.2) is 29.2 Å². The molecule has 100 valence electrons. The van der Waals surface area contributed by atoms with Gasteiger partial charge in [-0.05, 0) is 37.8 Å². The van der Waals surface area contributed by atoms with Gasteiger partial charge in [-0.1, -0.05) is 12.1 Å². The van der Waals surface area contributed by atoms with Gasteiger partial charge in [-0.2, -0.15) is 0 Å². The molecule has 1 aliphatic rings. The smallest absolute Gasteiger partial charge is 0.177 e. The lowest BCUT2D eigenvalue weighted by molar-refractivity contribution is 0.409. The minimum absolute atomic E-state index is 0.224. The van der Waals surface area contributed by atoms with E-state index < -0.39 is 9.84 Å². The summed E-state index contributed by atoms with van der Waals surface area (Å²) in [5.74, 6) is 0. The van der Waals surface area contributed by atoms with Gasteiger partial charge in [0.1, 0.15) is 0 Å². The van der Waals surface area contributed by atoms with Crippen molar-refractivity contribution in [2.24, 2.45) is 5.73 Å². The SMILES string of the molecule is CS(=O)(=O)c1ccccc1NC1CCCC(N)C1. The number of hydrogen-bond acceptors (Lipinski definition) is 4. The van der Waals surface area contributed by atoms with E-state index in [9.17, 15) is 8.42 Å². The fourth-order valence-electron chi connectivity index (χ4n) is 2.49. The summed E-state index contributed by atoms with van der Waals surface area (Å²) < 4.78 is 23.4. The van der Waals surface area contributed by atoms with Crippen molar-refractivity contribution in [3.05, 3.63) is 24.3 Å². The van der Waals surface area contributed by atoms with Crippen molar-refractivity contribution in [2.45, 2.75) is 42.7 Å². The van der Waals surface area contributed by atoms with Crippen molar-refractivity contribution >= 4 is 15.5 Å². The van der Waals surface area contributed by atoms with Crippen LogP contribution in [0.2, 0.25) is 0 Å². The largest absolute Gasteiger partial charge is 0.381 e. The topological polar surface area (TPSA) is 72.2 Å². The highest BCUT2D eigenvalue weighted by Gasteiger charge is 2.21. The van der Waals surface area contributed by atoms with Gasteiger partial charge in [-0.15, -0.1) is 0 Å². The van der Waals surface area contributed by atoms with E-state index in [0.29, 0.717) is 10.6 Å². The molecule has 1 aromatic rings. The Morgan fingerprint density at radius 3 is 2.67 bits per heavy atom. The molecule has 0 aliphatic heterocycles. The standard InChI is InChI=1S/C13H20N2O2S/c1-18(16,17)13-8-3-2-7-12(13)15-11-6-4-5-10(14)9-11/h2-3,7-8,10-11,15H,4-6,9,14H2,1H3. The fraction of sp³-hybridized carbons (Fsp3) is 0.538. The van der Waals surface area contributed by atoms with E-state index in [4.69, 9.17) is 5.73 Å². The molecule has 0 amide bonds. The molecule has 0 spiro atoms. The van der Waals surface area contributed by atoms with Crippen LogP contribution in [-0.4, -0.2) is 26.8 Å². The summed E-state index contributed by atoms with van der Waals surface area (Å²) in [6, 6.07) is 7.54. The van der Waals surface area contributed by atoms with Crippen molar-refractivity contribution in [3.63, 3.8) is 0 Å². The Morgan fingerprint density at radius 1 is 1.28 bits per heavy atom. The average Bonchev–Trinajstić information content (AvgIpc) is 2.28. The van der Waals surface area contributed by atoms with Gasteiger partial charge in [-0.3, -0.25) is 0 Å². The molecule has 5 heteroatoms. The number of hydrogen-bond donors (Lipinski definition) is 2. The molecule has 0 aromatic heterocycles. The third kappa shape index (κ3) is 3.23. The highest BCUT2D eigenvalue weighted by Crippen LogP contribution is 2.25. The predicted molar refractivity (Wildman–Crippen MR) is 73.4 cm³/mol. The van der Waals surface area contributed by atoms with Gasteiger partial charge < -0.3 is 11.1 Å². The Labute approximate surface area is 108 Å². The molecule has 0 bridgehead atoms. The molecule has 2 atom stereocenters. The Bertz CT molecular complexity index is 513. The normalized spacial score (nSPS) is 24.8. The van der Waals surface area contributed by atoms with Gasteiger partial charge in [0.05, 0.1) is 10.6 Å². The third-order valence-corrected chi connectivity index (χ3v) is 4.52. The fourth-order valence-corrected chi connectivity index (χ4v) is 3.34. The zero-order chi connectivity index (χ0) is 13.2. The van der Waals surface area contributed by atoms with Crippen LogP contribution in [0.25, 0.3) is 0 Å². The predicted octanol–water partition coefficient (Wildman–Crippen LogP) is 1.77. The lowest BCUT2D eigenvalue weighted by atomic mass is 9.91. The third-order valence-electron chi connectivity index (χ3n) is 3.36. The van der Waals surface area contributed by atoms with Crippen molar-refractivity contribution in [1.29, 1.82) is 0 Å². The Kier molecular flexibility index (Phi) is 3.92. The maximum Gasteiger partial charge on any atom is 0.177 e. The zero-order valence-corrected chi connectivity index (χ0v) is 11.4. The van der Waals surface area contributed by atoms with E-state index >= 15 is 0 Å². The van der Waals surface area contributed by atoms with E-state index in [-0.39, 0.29) is 12.1 Å². The molecule has 0 radical (unpaired) electrons. The minimum atomic E-state index is -3.19. The zero-order valence-electron chi connectivity index (χ0n) is 10.6. The van der Waals surface area contributed by atoms with Crippen LogP contribution in [0, 0.1) is 0 Å². The highest BCUT2D eigenvalue weighted by atomic mass is 32.2. The number of rotatable bonds is 3. The summed E-state index contributed by atoms with van der Waals surface area (Å²) in [7, 11) is -3.19. The second-order valence-corrected chi connectivity index (χ2v) is 7.02. The van der Waals surface area contributed by atoms with Gasteiger partial charge in [0, 0.05) is 18.3 Å². The summed E-state index contributed by atoms with van der Waals surface area (Å²) in [6.07, 6.45) is 5.34. The summed E-state index contributed by atoms with van der Waals surface area (Å²) >= 11 is 0. The number of benzene rings is 1. The first kappa shape index (κ1) is 13.4. The first-order chi connectivity index (χ1) is 8.47. The molecule has 2 rings (SSSR count). The summed E-state index contributed by atoms with van der Waals surface area (Å²) in [6.45, 7) is 0.